The summed E-state index contributed by atoms with van der Waals surface area (Å²) in [5, 5.41) is 16.4. The maximum absolute atomic E-state index is 10.9. The molecule has 2 unspecified atom stereocenters. The number of nitrogens with one attached hydrogen (secondary N) is 1. The molecule has 15 heavy (non-hydrogen) atoms. The van der Waals surface area contributed by atoms with Gasteiger partial charge in [-0.3, -0.25) is 4.79 Å². The SMILES string of the molecule is O=C(O)C1CCCC(Nc2ccsc2)C1. The van der Waals surface area contributed by atoms with Gasteiger partial charge in [-0.15, -0.1) is 0 Å². The topological polar surface area (TPSA) is 49.3 Å². The largest absolute Gasteiger partial charge is 0.481 e. The molecule has 4 heteroatoms. The number of hydrogen-bond donors (Lipinski definition) is 2. The van der Waals surface area contributed by atoms with Crippen molar-refractivity contribution in [3.63, 3.8) is 0 Å². The van der Waals surface area contributed by atoms with Gasteiger partial charge in [0.15, 0.2) is 0 Å². The molecule has 1 aliphatic rings. The number of anilines is 1. The average Bonchev–Trinajstić information content (AvgIpc) is 2.71. The van der Waals surface area contributed by atoms with Gasteiger partial charge in [-0.1, -0.05) is 6.42 Å². The van der Waals surface area contributed by atoms with Crippen molar-refractivity contribution in [2.75, 3.05) is 5.32 Å². The summed E-state index contributed by atoms with van der Waals surface area (Å²) in [6, 6.07) is 2.36. The predicted molar refractivity (Wildman–Crippen MR) is 61.3 cm³/mol. The van der Waals surface area contributed by atoms with Crippen LogP contribution in [0.3, 0.4) is 0 Å². The fourth-order valence-corrected chi connectivity index (χ4v) is 2.72. The molecule has 0 spiro atoms. The highest BCUT2D eigenvalue weighted by molar-refractivity contribution is 7.08. The number of thiophene rings is 1. The van der Waals surface area contributed by atoms with E-state index in [1.165, 1.54) is 0 Å². The van der Waals surface area contributed by atoms with Crippen molar-refractivity contribution in [1.82, 2.24) is 0 Å². The van der Waals surface area contributed by atoms with Crippen molar-refractivity contribution in [3.8, 4) is 0 Å². The number of carboxylic acid groups (broad SMARTS) is 1. The Morgan fingerprint density at radius 3 is 3.07 bits per heavy atom. The average molecular weight is 225 g/mol. The lowest BCUT2D eigenvalue weighted by Gasteiger charge is -2.27. The minimum atomic E-state index is -0.646. The minimum absolute atomic E-state index is 0.158. The fourth-order valence-electron chi connectivity index (χ4n) is 2.13. The Kier molecular flexibility index (Phi) is 3.26. The summed E-state index contributed by atoms with van der Waals surface area (Å²) in [7, 11) is 0. The van der Waals surface area contributed by atoms with E-state index < -0.39 is 5.97 Å². The van der Waals surface area contributed by atoms with Crippen LogP contribution in [0.1, 0.15) is 25.7 Å². The summed E-state index contributed by atoms with van der Waals surface area (Å²) >= 11 is 1.66. The quantitative estimate of drug-likeness (QED) is 0.831. The van der Waals surface area contributed by atoms with E-state index in [2.05, 4.69) is 10.7 Å². The Morgan fingerprint density at radius 1 is 1.53 bits per heavy atom. The second kappa shape index (κ2) is 4.66. The Labute approximate surface area is 93.1 Å². The third-order valence-electron chi connectivity index (χ3n) is 2.92. The van der Waals surface area contributed by atoms with E-state index in [0.717, 1.165) is 31.4 Å². The zero-order chi connectivity index (χ0) is 10.7. The van der Waals surface area contributed by atoms with E-state index in [0.29, 0.717) is 6.04 Å². The molecule has 1 heterocycles. The molecule has 2 N–H and O–H groups in total. The third kappa shape index (κ3) is 2.72. The first-order valence-electron chi connectivity index (χ1n) is 5.27. The van der Waals surface area contributed by atoms with Crippen molar-refractivity contribution < 1.29 is 9.90 Å². The zero-order valence-electron chi connectivity index (χ0n) is 8.48. The van der Waals surface area contributed by atoms with E-state index in [4.69, 9.17) is 5.11 Å². The highest BCUT2D eigenvalue weighted by Crippen LogP contribution is 2.27. The molecule has 1 fully saturated rings. The lowest BCUT2D eigenvalue weighted by molar-refractivity contribution is -0.142. The van der Waals surface area contributed by atoms with E-state index in [9.17, 15) is 4.79 Å². The van der Waals surface area contributed by atoms with Crippen molar-refractivity contribution in [3.05, 3.63) is 16.8 Å². The predicted octanol–water partition coefficient (Wildman–Crippen LogP) is 2.80. The van der Waals surface area contributed by atoms with Gasteiger partial charge in [0, 0.05) is 17.1 Å². The van der Waals surface area contributed by atoms with Crippen LogP contribution < -0.4 is 5.32 Å². The van der Waals surface area contributed by atoms with E-state index in [-0.39, 0.29) is 5.92 Å². The number of carboxylic acids is 1. The molecule has 1 saturated carbocycles. The lowest BCUT2D eigenvalue weighted by Crippen LogP contribution is -2.30. The summed E-state index contributed by atoms with van der Waals surface area (Å²) in [5.41, 5.74) is 1.12. The van der Waals surface area contributed by atoms with Gasteiger partial charge >= 0.3 is 5.97 Å². The highest BCUT2D eigenvalue weighted by Gasteiger charge is 2.26. The fraction of sp³-hybridized carbons (Fsp3) is 0.545. The summed E-state index contributed by atoms with van der Waals surface area (Å²) in [6.07, 6.45) is 3.68. The van der Waals surface area contributed by atoms with E-state index >= 15 is 0 Å². The van der Waals surface area contributed by atoms with Crippen LogP contribution in [0, 0.1) is 5.92 Å². The Morgan fingerprint density at radius 2 is 2.40 bits per heavy atom. The van der Waals surface area contributed by atoms with E-state index in [1.807, 2.05) is 11.4 Å². The molecular weight excluding hydrogens is 210 g/mol. The van der Waals surface area contributed by atoms with Crippen LogP contribution in [0.15, 0.2) is 16.8 Å². The first-order valence-corrected chi connectivity index (χ1v) is 6.21. The molecule has 0 bridgehead atoms. The molecule has 1 aliphatic carbocycles. The van der Waals surface area contributed by atoms with Gasteiger partial charge in [-0.05, 0) is 30.7 Å². The number of aliphatic carboxylic acids is 1. The Bertz CT molecular complexity index is 323. The van der Waals surface area contributed by atoms with Crippen molar-refractivity contribution >= 4 is 23.0 Å². The molecule has 3 nitrogen and oxygen atoms in total. The molecule has 0 saturated heterocycles. The third-order valence-corrected chi connectivity index (χ3v) is 3.60. The summed E-state index contributed by atoms with van der Waals surface area (Å²) in [4.78, 5) is 10.9. The molecule has 2 rings (SSSR count). The molecule has 1 aromatic heterocycles. The highest BCUT2D eigenvalue weighted by atomic mass is 32.1. The van der Waals surface area contributed by atoms with Crippen molar-refractivity contribution in [2.45, 2.75) is 31.7 Å². The molecule has 0 radical (unpaired) electrons. The Balaban J connectivity index is 1.90. The van der Waals surface area contributed by atoms with Crippen LogP contribution in [0.2, 0.25) is 0 Å². The zero-order valence-corrected chi connectivity index (χ0v) is 9.30. The van der Waals surface area contributed by atoms with Crippen molar-refractivity contribution in [1.29, 1.82) is 0 Å². The molecule has 1 aromatic rings. The molecule has 0 amide bonds. The van der Waals surface area contributed by atoms with Crippen LogP contribution in [-0.4, -0.2) is 17.1 Å². The van der Waals surface area contributed by atoms with Gasteiger partial charge in [-0.2, -0.15) is 11.3 Å². The second-order valence-corrected chi connectivity index (χ2v) is 4.84. The monoisotopic (exact) mass is 225 g/mol. The molecule has 0 aromatic carbocycles. The van der Waals surface area contributed by atoms with Crippen LogP contribution in [-0.2, 0) is 4.79 Å². The first-order chi connectivity index (χ1) is 7.25. The summed E-state index contributed by atoms with van der Waals surface area (Å²) in [6.45, 7) is 0. The maximum atomic E-state index is 10.9. The van der Waals surface area contributed by atoms with Gasteiger partial charge < -0.3 is 10.4 Å². The summed E-state index contributed by atoms with van der Waals surface area (Å²) in [5.74, 6) is -0.804. The molecule has 0 aliphatic heterocycles. The Hall–Kier alpha value is -1.03. The van der Waals surface area contributed by atoms with Gasteiger partial charge in [0.25, 0.3) is 0 Å². The number of carbonyl (C=O) groups is 1. The van der Waals surface area contributed by atoms with E-state index in [1.54, 1.807) is 11.3 Å². The minimum Gasteiger partial charge on any atom is -0.481 e. The van der Waals surface area contributed by atoms with Gasteiger partial charge in [0.1, 0.15) is 0 Å². The second-order valence-electron chi connectivity index (χ2n) is 4.06. The summed E-state index contributed by atoms with van der Waals surface area (Å²) < 4.78 is 0. The molecular formula is C11H15NO2S. The lowest BCUT2D eigenvalue weighted by atomic mass is 9.86. The van der Waals surface area contributed by atoms with Crippen LogP contribution in [0.4, 0.5) is 5.69 Å². The number of hydrogen-bond acceptors (Lipinski definition) is 3. The van der Waals surface area contributed by atoms with Crippen LogP contribution in [0.25, 0.3) is 0 Å². The van der Waals surface area contributed by atoms with Gasteiger partial charge in [-0.25, -0.2) is 0 Å². The number of rotatable bonds is 3. The standard InChI is InChI=1S/C11H15NO2S/c13-11(14)8-2-1-3-9(6-8)12-10-4-5-15-7-10/h4-5,7-9,12H,1-3,6H2,(H,13,14). The van der Waals surface area contributed by atoms with Gasteiger partial charge in [0.05, 0.1) is 5.92 Å². The van der Waals surface area contributed by atoms with Crippen LogP contribution >= 0.6 is 11.3 Å². The molecule has 2 atom stereocenters. The normalized spacial score (nSPS) is 26.1. The first kappa shape index (κ1) is 10.5. The van der Waals surface area contributed by atoms with Gasteiger partial charge in [0.2, 0.25) is 0 Å². The maximum Gasteiger partial charge on any atom is 0.306 e. The van der Waals surface area contributed by atoms with Crippen LogP contribution in [0.5, 0.6) is 0 Å². The molecule has 82 valence electrons. The smallest absolute Gasteiger partial charge is 0.306 e. The van der Waals surface area contributed by atoms with Crippen molar-refractivity contribution in [2.24, 2.45) is 5.92 Å².